The van der Waals surface area contributed by atoms with Gasteiger partial charge in [0.2, 0.25) is 0 Å². The number of carbonyl (C=O) groups excluding carboxylic acids is 1. The number of benzene rings is 2. The maximum atomic E-state index is 13.4. The summed E-state index contributed by atoms with van der Waals surface area (Å²) in [6, 6.07) is 12.3. The van der Waals surface area contributed by atoms with Crippen molar-refractivity contribution in [3.8, 4) is 0 Å². The van der Waals surface area contributed by atoms with E-state index in [9.17, 15) is 9.18 Å². The van der Waals surface area contributed by atoms with Gasteiger partial charge in [-0.05, 0) is 37.3 Å². The van der Waals surface area contributed by atoms with Crippen LogP contribution in [-0.4, -0.2) is 55.1 Å². The minimum atomic E-state index is -0.222. The summed E-state index contributed by atoms with van der Waals surface area (Å²) in [6.07, 6.45) is 0. The van der Waals surface area contributed by atoms with Gasteiger partial charge in [0.05, 0.1) is 10.2 Å². The van der Waals surface area contributed by atoms with E-state index in [0.29, 0.717) is 12.1 Å². The Kier molecular flexibility index (Phi) is 5.54. The molecule has 0 atom stereocenters. The molecule has 146 valence electrons. The molecule has 3 aromatic rings. The van der Waals surface area contributed by atoms with Crippen molar-refractivity contribution in [2.45, 2.75) is 6.92 Å². The Bertz CT molecular complexity index is 964. The fourth-order valence-corrected chi connectivity index (χ4v) is 4.36. The predicted octanol–water partition coefficient (Wildman–Crippen LogP) is 3.30. The smallest absolute Gasteiger partial charge is 0.251 e. The molecule has 1 aliphatic heterocycles. The summed E-state index contributed by atoms with van der Waals surface area (Å²) < 4.78 is 14.3. The van der Waals surface area contributed by atoms with Gasteiger partial charge in [-0.25, -0.2) is 9.37 Å². The van der Waals surface area contributed by atoms with Crippen molar-refractivity contribution < 1.29 is 9.18 Å². The minimum Gasteiger partial charge on any atom is -0.351 e. The molecule has 0 bridgehead atoms. The summed E-state index contributed by atoms with van der Waals surface area (Å²) in [5.41, 5.74) is 2.69. The quantitative estimate of drug-likeness (QED) is 0.717. The van der Waals surface area contributed by atoms with Gasteiger partial charge in [0.15, 0.2) is 5.13 Å². The zero-order chi connectivity index (χ0) is 19.5. The third kappa shape index (κ3) is 4.31. The van der Waals surface area contributed by atoms with Crippen LogP contribution in [-0.2, 0) is 0 Å². The van der Waals surface area contributed by atoms with Gasteiger partial charge in [-0.1, -0.05) is 29.0 Å². The van der Waals surface area contributed by atoms with Crippen LogP contribution >= 0.6 is 11.3 Å². The predicted molar refractivity (Wildman–Crippen MR) is 112 cm³/mol. The molecule has 0 radical (unpaired) electrons. The molecule has 0 aliphatic carbocycles. The normalized spacial score (nSPS) is 15.1. The van der Waals surface area contributed by atoms with Crippen LogP contribution in [0, 0.1) is 12.7 Å². The second-order valence-electron chi connectivity index (χ2n) is 7.06. The molecule has 1 amide bonds. The number of hydrogen-bond acceptors (Lipinski definition) is 5. The van der Waals surface area contributed by atoms with Gasteiger partial charge >= 0.3 is 0 Å². The molecular formula is C21H23FN4OS. The number of hydrogen-bond donors (Lipinski definition) is 1. The number of nitrogens with zero attached hydrogens (tertiary/aromatic N) is 3. The maximum absolute atomic E-state index is 13.4. The number of rotatable bonds is 5. The number of amides is 1. The standard InChI is InChI=1S/C21H23FN4OS/c1-15-2-4-16(5-3-15)20(27)23-8-9-25-10-12-26(13-11-25)21-24-18-7-6-17(22)14-19(18)28-21/h2-7,14H,8-13H2,1H3,(H,23,27). The van der Waals surface area contributed by atoms with Gasteiger partial charge in [-0.2, -0.15) is 0 Å². The molecule has 1 aliphatic rings. The number of aryl methyl sites for hydroxylation is 1. The number of anilines is 1. The third-order valence-electron chi connectivity index (χ3n) is 5.01. The summed E-state index contributed by atoms with van der Waals surface area (Å²) in [4.78, 5) is 21.4. The Balaban J connectivity index is 1.24. The first kappa shape index (κ1) is 18.8. The van der Waals surface area contributed by atoms with E-state index in [0.717, 1.165) is 53.6 Å². The zero-order valence-corrected chi connectivity index (χ0v) is 16.6. The first-order valence-corrected chi connectivity index (χ1v) is 10.3. The Hall–Kier alpha value is -2.51. The average molecular weight is 399 g/mol. The SMILES string of the molecule is Cc1ccc(C(=O)NCCN2CCN(c3nc4ccc(F)cc4s3)CC2)cc1. The molecule has 5 nitrogen and oxygen atoms in total. The van der Waals surface area contributed by atoms with E-state index in [1.54, 1.807) is 12.1 Å². The van der Waals surface area contributed by atoms with E-state index < -0.39 is 0 Å². The Morgan fingerprint density at radius 3 is 2.64 bits per heavy atom. The van der Waals surface area contributed by atoms with Crippen molar-refractivity contribution >= 4 is 32.6 Å². The van der Waals surface area contributed by atoms with Crippen LogP contribution in [0.15, 0.2) is 42.5 Å². The number of carbonyl (C=O) groups is 1. The first-order chi connectivity index (χ1) is 13.6. The molecule has 2 heterocycles. The van der Waals surface area contributed by atoms with Gasteiger partial charge < -0.3 is 10.2 Å². The number of fused-ring (bicyclic) bond motifs is 1. The number of aromatic nitrogens is 1. The maximum Gasteiger partial charge on any atom is 0.251 e. The summed E-state index contributed by atoms with van der Waals surface area (Å²) in [5, 5.41) is 3.94. The van der Waals surface area contributed by atoms with E-state index in [2.05, 4.69) is 20.1 Å². The lowest BCUT2D eigenvalue weighted by Crippen LogP contribution is -2.48. The Morgan fingerprint density at radius 1 is 1.14 bits per heavy atom. The highest BCUT2D eigenvalue weighted by Crippen LogP contribution is 2.29. The Morgan fingerprint density at radius 2 is 1.89 bits per heavy atom. The molecule has 0 spiro atoms. The number of thiazole rings is 1. The molecule has 0 saturated carbocycles. The van der Waals surface area contributed by atoms with Crippen LogP contribution < -0.4 is 10.2 Å². The number of piperazine rings is 1. The summed E-state index contributed by atoms with van der Waals surface area (Å²) in [6.45, 7) is 7.08. The van der Waals surface area contributed by atoms with Crippen molar-refractivity contribution in [2.24, 2.45) is 0 Å². The molecule has 7 heteroatoms. The van der Waals surface area contributed by atoms with Crippen molar-refractivity contribution in [2.75, 3.05) is 44.2 Å². The van der Waals surface area contributed by atoms with Crippen molar-refractivity contribution in [3.05, 3.63) is 59.4 Å². The van der Waals surface area contributed by atoms with Crippen LogP contribution in [0.5, 0.6) is 0 Å². The summed E-state index contributed by atoms with van der Waals surface area (Å²) in [7, 11) is 0. The molecule has 1 N–H and O–H groups in total. The molecular weight excluding hydrogens is 375 g/mol. The third-order valence-corrected chi connectivity index (χ3v) is 6.09. The Labute approximate surface area is 167 Å². The van der Waals surface area contributed by atoms with E-state index in [4.69, 9.17) is 0 Å². The van der Waals surface area contributed by atoms with Gasteiger partial charge in [0.25, 0.3) is 5.91 Å². The van der Waals surface area contributed by atoms with Gasteiger partial charge in [-0.3, -0.25) is 9.69 Å². The highest BCUT2D eigenvalue weighted by Gasteiger charge is 2.20. The second kappa shape index (κ2) is 8.24. The van der Waals surface area contributed by atoms with Gasteiger partial charge in [-0.15, -0.1) is 0 Å². The molecule has 28 heavy (non-hydrogen) atoms. The topological polar surface area (TPSA) is 48.5 Å². The van der Waals surface area contributed by atoms with Gasteiger partial charge in [0, 0.05) is 44.8 Å². The molecule has 4 rings (SSSR count). The average Bonchev–Trinajstić information content (AvgIpc) is 3.12. The van der Waals surface area contributed by atoms with Crippen molar-refractivity contribution in [1.82, 2.24) is 15.2 Å². The van der Waals surface area contributed by atoms with E-state index >= 15 is 0 Å². The van der Waals surface area contributed by atoms with Gasteiger partial charge in [0.1, 0.15) is 5.82 Å². The minimum absolute atomic E-state index is 0.0275. The highest BCUT2D eigenvalue weighted by molar-refractivity contribution is 7.22. The van der Waals surface area contributed by atoms with Crippen molar-refractivity contribution in [3.63, 3.8) is 0 Å². The fourth-order valence-electron chi connectivity index (χ4n) is 3.32. The fraction of sp³-hybridized carbons (Fsp3) is 0.333. The summed E-state index contributed by atoms with van der Waals surface area (Å²) >= 11 is 1.54. The van der Waals surface area contributed by atoms with Crippen LogP contribution in [0.2, 0.25) is 0 Å². The molecule has 2 aromatic carbocycles. The lowest BCUT2D eigenvalue weighted by Gasteiger charge is -2.34. The van der Waals surface area contributed by atoms with Crippen LogP contribution in [0.4, 0.5) is 9.52 Å². The second-order valence-corrected chi connectivity index (χ2v) is 8.07. The van der Waals surface area contributed by atoms with Crippen LogP contribution in [0.1, 0.15) is 15.9 Å². The monoisotopic (exact) mass is 398 g/mol. The lowest BCUT2D eigenvalue weighted by atomic mass is 10.1. The number of nitrogens with one attached hydrogen (secondary N) is 1. The van der Waals surface area contributed by atoms with Crippen LogP contribution in [0.25, 0.3) is 10.2 Å². The van der Waals surface area contributed by atoms with E-state index in [1.807, 2.05) is 31.2 Å². The molecule has 1 aromatic heterocycles. The first-order valence-electron chi connectivity index (χ1n) is 9.47. The molecule has 0 unspecified atom stereocenters. The van der Waals surface area contributed by atoms with Crippen molar-refractivity contribution in [1.29, 1.82) is 0 Å². The molecule has 1 saturated heterocycles. The summed E-state index contributed by atoms with van der Waals surface area (Å²) in [5.74, 6) is -0.249. The highest BCUT2D eigenvalue weighted by atomic mass is 32.1. The van der Waals surface area contributed by atoms with E-state index in [-0.39, 0.29) is 11.7 Å². The van der Waals surface area contributed by atoms with Crippen LogP contribution in [0.3, 0.4) is 0 Å². The zero-order valence-electron chi connectivity index (χ0n) is 15.8. The van der Waals surface area contributed by atoms with E-state index in [1.165, 1.54) is 17.4 Å². The number of halogens is 1. The largest absolute Gasteiger partial charge is 0.351 e. The lowest BCUT2D eigenvalue weighted by molar-refractivity contribution is 0.0948. The molecule has 1 fully saturated rings.